The minimum atomic E-state index is -0.555. The number of fused-ring (bicyclic) bond motifs is 1. The maximum Gasteiger partial charge on any atom is 0.319 e. The van der Waals surface area contributed by atoms with Crippen molar-refractivity contribution < 1.29 is 18.8 Å². The lowest BCUT2D eigenvalue weighted by molar-refractivity contribution is -0.143. The second kappa shape index (κ2) is 8.37. The van der Waals surface area contributed by atoms with Crippen molar-refractivity contribution in [2.24, 2.45) is 10.8 Å². The van der Waals surface area contributed by atoms with Gasteiger partial charge in [0.25, 0.3) is 0 Å². The van der Waals surface area contributed by atoms with Gasteiger partial charge in [0, 0.05) is 58.8 Å². The van der Waals surface area contributed by atoms with Crippen molar-refractivity contribution >= 4 is 17.8 Å². The third-order valence-corrected chi connectivity index (χ3v) is 7.85. The topological polar surface area (TPSA) is 64.2 Å². The fourth-order valence-corrected chi connectivity index (χ4v) is 5.97. The summed E-state index contributed by atoms with van der Waals surface area (Å²) >= 11 is 0. The number of urea groups is 1. The number of carbonyl (C=O) groups is 3. The highest BCUT2D eigenvalue weighted by Gasteiger charge is 2.65. The smallest absolute Gasteiger partial charge is 0.319 e. The molecule has 0 bridgehead atoms. The Kier molecular flexibility index (Phi) is 5.90. The minimum Gasteiger partial charge on any atom is -0.342 e. The van der Waals surface area contributed by atoms with Gasteiger partial charge in [-0.15, -0.1) is 0 Å². The quantitative estimate of drug-likeness (QED) is 0.718. The Morgan fingerprint density at radius 3 is 2.22 bits per heavy atom. The van der Waals surface area contributed by atoms with Gasteiger partial charge in [0.15, 0.2) is 0 Å². The molecule has 1 aromatic rings. The van der Waals surface area contributed by atoms with Crippen LogP contribution in [0.1, 0.15) is 31.7 Å². The van der Waals surface area contributed by atoms with E-state index in [0.717, 1.165) is 18.5 Å². The maximum absolute atomic E-state index is 13.5. The van der Waals surface area contributed by atoms with E-state index in [2.05, 4.69) is 0 Å². The highest BCUT2D eigenvalue weighted by molar-refractivity contribution is 5.88. The third-order valence-electron chi connectivity index (χ3n) is 7.85. The fourth-order valence-electron chi connectivity index (χ4n) is 5.97. The van der Waals surface area contributed by atoms with E-state index < -0.39 is 5.41 Å². The summed E-state index contributed by atoms with van der Waals surface area (Å²) in [6.07, 6.45) is 2.43. The number of hydrogen-bond donors (Lipinski definition) is 0. The maximum atomic E-state index is 13.5. The van der Waals surface area contributed by atoms with Crippen molar-refractivity contribution in [1.29, 1.82) is 0 Å². The van der Waals surface area contributed by atoms with Crippen LogP contribution >= 0.6 is 0 Å². The molecule has 4 rings (SSSR count). The summed E-state index contributed by atoms with van der Waals surface area (Å²) in [6, 6.07) is 5.98. The lowest BCUT2D eigenvalue weighted by Gasteiger charge is -2.46. The second-order valence-corrected chi connectivity index (χ2v) is 9.71. The van der Waals surface area contributed by atoms with Gasteiger partial charge in [-0.05, 0) is 43.9 Å². The molecule has 0 radical (unpaired) electrons. The lowest BCUT2D eigenvalue weighted by atomic mass is 9.60. The van der Waals surface area contributed by atoms with Crippen LogP contribution in [-0.4, -0.2) is 90.8 Å². The number of likely N-dealkylation sites (tertiary alicyclic amines) is 3. The fraction of sp³-hybridized carbons (Fsp3) is 0.625. The van der Waals surface area contributed by atoms with Crippen molar-refractivity contribution in [3.63, 3.8) is 0 Å². The lowest BCUT2D eigenvalue weighted by Crippen LogP contribution is -2.53. The minimum absolute atomic E-state index is 0.0210. The van der Waals surface area contributed by atoms with Gasteiger partial charge in [0.1, 0.15) is 5.82 Å². The Morgan fingerprint density at radius 2 is 1.66 bits per heavy atom. The first-order valence-electron chi connectivity index (χ1n) is 11.5. The van der Waals surface area contributed by atoms with Crippen molar-refractivity contribution in [3.8, 4) is 0 Å². The van der Waals surface area contributed by atoms with Crippen molar-refractivity contribution in [2.45, 2.75) is 32.6 Å². The summed E-state index contributed by atoms with van der Waals surface area (Å²) in [7, 11) is 3.48. The van der Waals surface area contributed by atoms with Crippen LogP contribution in [-0.2, 0) is 16.0 Å². The van der Waals surface area contributed by atoms with E-state index in [9.17, 15) is 18.8 Å². The first kappa shape index (κ1) is 22.6. The number of amides is 4. The average Bonchev–Trinajstić information content (AvgIpc) is 3.27. The molecule has 2 spiro atoms. The van der Waals surface area contributed by atoms with Gasteiger partial charge in [0.05, 0.1) is 11.8 Å². The average molecular weight is 445 g/mol. The van der Waals surface area contributed by atoms with E-state index in [1.807, 2.05) is 21.6 Å². The van der Waals surface area contributed by atoms with E-state index in [4.69, 9.17) is 0 Å². The molecule has 4 amide bonds. The van der Waals surface area contributed by atoms with Crippen LogP contribution < -0.4 is 0 Å². The molecular weight excluding hydrogens is 411 g/mol. The van der Waals surface area contributed by atoms with Gasteiger partial charge >= 0.3 is 6.03 Å². The van der Waals surface area contributed by atoms with E-state index in [1.165, 1.54) is 12.1 Å². The van der Waals surface area contributed by atoms with Gasteiger partial charge in [-0.1, -0.05) is 12.1 Å². The number of carbonyl (C=O) groups excluding carboxylic acids is 3. The predicted octanol–water partition coefficient (Wildman–Crippen LogP) is 2.21. The standard InChI is InChI=1S/C24H33FN4O3/c1-4-27-14-11-24(21(27)31)17-29(22(32)26(2)3)16-23(24)9-12-28(13-10-23)20(30)15-18-5-7-19(25)8-6-18/h5-8H,4,9-17H2,1-3H3. The van der Waals surface area contributed by atoms with Crippen LogP contribution in [0.4, 0.5) is 9.18 Å². The zero-order valence-electron chi connectivity index (χ0n) is 19.3. The molecule has 3 heterocycles. The van der Waals surface area contributed by atoms with Crippen molar-refractivity contribution in [2.75, 3.05) is 53.4 Å². The van der Waals surface area contributed by atoms with Gasteiger partial charge in [0.2, 0.25) is 11.8 Å². The molecule has 0 saturated carbocycles. The van der Waals surface area contributed by atoms with Gasteiger partial charge in [-0.25, -0.2) is 9.18 Å². The zero-order chi connectivity index (χ0) is 23.1. The van der Waals surface area contributed by atoms with E-state index in [-0.39, 0.29) is 35.5 Å². The molecule has 1 atom stereocenters. The van der Waals surface area contributed by atoms with Crippen LogP contribution in [0.2, 0.25) is 0 Å². The third kappa shape index (κ3) is 3.63. The van der Waals surface area contributed by atoms with Crippen molar-refractivity contribution in [3.05, 3.63) is 35.6 Å². The van der Waals surface area contributed by atoms with Gasteiger partial charge < -0.3 is 19.6 Å². The Morgan fingerprint density at radius 1 is 1.00 bits per heavy atom. The molecule has 0 aromatic heterocycles. The van der Waals surface area contributed by atoms with E-state index in [0.29, 0.717) is 45.6 Å². The Balaban J connectivity index is 1.51. The van der Waals surface area contributed by atoms with E-state index in [1.54, 1.807) is 31.1 Å². The Hall–Kier alpha value is -2.64. The molecule has 0 N–H and O–H groups in total. The summed E-state index contributed by atoms with van der Waals surface area (Å²) < 4.78 is 13.2. The normalized spacial score (nSPS) is 24.6. The van der Waals surface area contributed by atoms with Gasteiger partial charge in [-0.2, -0.15) is 0 Å². The molecule has 174 valence electrons. The number of halogens is 1. The summed E-state index contributed by atoms with van der Waals surface area (Å²) in [6.45, 7) is 5.58. The molecule has 32 heavy (non-hydrogen) atoms. The molecule has 3 fully saturated rings. The molecule has 3 aliphatic heterocycles. The monoisotopic (exact) mass is 444 g/mol. The largest absolute Gasteiger partial charge is 0.342 e. The molecular formula is C24H33FN4O3. The second-order valence-electron chi connectivity index (χ2n) is 9.71. The summed E-state index contributed by atoms with van der Waals surface area (Å²) in [5, 5.41) is 0. The highest BCUT2D eigenvalue weighted by Crippen LogP contribution is 2.58. The molecule has 3 aliphatic rings. The van der Waals surface area contributed by atoms with E-state index >= 15 is 0 Å². The number of nitrogens with zero attached hydrogens (tertiary/aromatic N) is 4. The van der Waals surface area contributed by atoms with Crippen molar-refractivity contribution in [1.82, 2.24) is 19.6 Å². The SMILES string of the molecule is CCN1CCC2(CN(C(=O)N(C)C)CC23CCN(C(=O)Cc2ccc(F)cc2)CC3)C1=O. The summed E-state index contributed by atoms with van der Waals surface area (Å²) in [4.78, 5) is 46.4. The van der Waals surface area contributed by atoms with Crippen LogP contribution in [0.3, 0.4) is 0 Å². The molecule has 3 saturated heterocycles. The molecule has 0 aliphatic carbocycles. The first-order valence-corrected chi connectivity index (χ1v) is 11.5. The van der Waals surface area contributed by atoms with Crippen LogP contribution in [0.15, 0.2) is 24.3 Å². The number of rotatable bonds is 3. The number of benzene rings is 1. The Bertz CT molecular complexity index is 895. The molecule has 7 nitrogen and oxygen atoms in total. The predicted molar refractivity (Wildman–Crippen MR) is 118 cm³/mol. The van der Waals surface area contributed by atoms with Crippen LogP contribution in [0, 0.1) is 16.6 Å². The summed E-state index contributed by atoms with van der Waals surface area (Å²) in [5.41, 5.74) is -0.0612. The molecule has 1 aromatic carbocycles. The van der Waals surface area contributed by atoms with Crippen LogP contribution in [0.5, 0.6) is 0 Å². The number of piperidine rings is 1. The molecule has 8 heteroatoms. The highest BCUT2D eigenvalue weighted by atomic mass is 19.1. The Labute approximate surface area is 189 Å². The van der Waals surface area contributed by atoms with Crippen LogP contribution in [0.25, 0.3) is 0 Å². The van der Waals surface area contributed by atoms with Gasteiger partial charge in [-0.3, -0.25) is 9.59 Å². The first-order chi connectivity index (χ1) is 15.2. The zero-order valence-corrected chi connectivity index (χ0v) is 19.3. The molecule has 1 unspecified atom stereocenters. The number of hydrogen-bond acceptors (Lipinski definition) is 3. The summed E-state index contributed by atoms with van der Waals surface area (Å²) in [5.74, 6) is -0.125.